The highest BCUT2D eigenvalue weighted by molar-refractivity contribution is 7.89. The second-order valence-corrected chi connectivity index (χ2v) is 11.5. The fourth-order valence-electron chi connectivity index (χ4n) is 5.18. The summed E-state index contributed by atoms with van der Waals surface area (Å²) in [5.74, 6) is 0.166. The minimum absolute atomic E-state index is 0.0583. The molecule has 10 heteroatoms. The lowest BCUT2D eigenvalue weighted by molar-refractivity contribution is 0.0969. The van der Waals surface area contributed by atoms with Gasteiger partial charge in [-0.25, -0.2) is 8.42 Å². The average molecular weight is 520 g/mol. The summed E-state index contributed by atoms with van der Waals surface area (Å²) in [6.07, 6.45) is 2.70. The molecule has 0 bridgehead atoms. The first-order valence-corrected chi connectivity index (χ1v) is 13.6. The number of hydrogen-bond donors (Lipinski definition) is 0. The van der Waals surface area contributed by atoms with Crippen LogP contribution in [-0.2, 0) is 10.0 Å². The Balaban J connectivity index is 1.50. The van der Waals surface area contributed by atoms with Crippen LogP contribution in [0.25, 0.3) is 11.0 Å². The summed E-state index contributed by atoms with van der Waals surface area (Å²) < 4.78 is 39.0. The number of nitrogens with zero attached hydrogens (tertiary/aromatic N) is 3. The minimum atomic E-state index is -3.63. The number of hydrogen-bond acceptors (Lipinski definition) is 7. The van der Waals surface area contributed by atoms with Gasteiger partial charge in [-0.15, -0.1) is 0 Å². The van der Waals surface area contributed by atoms with Gasteiger partial charge in [0.1, 0.15) is 11.3 Å². The maximum Gasteiger partial charge on any atom is 0.296 e. The second kappa shape index (κ2) is 8.67. The van der Waals surface area contributed by atoms with Crippen molar-refractivity contribution in [3.05, 3.63) is 87.0 Å². The molecular formula is C27H25N3O6S. The molecular weight excluding hydrogens is 494 g/mol. The number of rotatable bonds is 4. The van der Waals surface area contributed by atoms with E-state index in [-0.39, 0.29) is 27.5 Å². The minimum Gasteiger partial charge on any atom is -0.450 e. The van der Waals surface area contributed by atoms with Crippen LogP contribution in [0, 0.1) is 13.8 Å². The molecule has 9 nitrogen and oxygen atoms in total. The van der Waals surface area contributed by atoms with Crippen molar-refractivity contribution in [2.75, 3.05) is 18.0 Å². The molecule has 0 radical (unpaired) electrons. The maximum atomic E-state index is 13.7. The highest BCUT2D eigenvalue weighted by atomic mass is 32.2. The van der Waals surface area contributed by atoms with E-state index in [1.165, 1.54) is 21.3 Å². The lowest BCUT2D eigenvalue weighted by Gasteiger charge is -2.26. The number of anilines is 1. The molecule has 4 heterocycles. The Kier molecular flexibility index (Phi) is 5.54. The summed E-state index contributed by atoms with van der Waals surface area (Å²) in [5, 5.41) is 4.40. The van der Waals surface area contributed by atoms with E-state index in [0.29, 0.717) is 35.4 Å². The first-order valence-electron chi connectivity index (χ1n) is 12.2. The Hall–Kier alpha value is -3.76. The van der Waals surface area contributed by atoms with Crippen molar-refractivity contribution in [1.29, 1.82) is 0 Å². The molecule has 0 N–H and O–H groups in total. The molecule has 0 spiro atoms. The molecule has 1 saturated heterocycles. The van der Waals surface area contributed by atoms with E-state index in [2.05, 4.69) is 5.16 Å². The van der Waals surface area contributed by atoms with Gasteiger partial charge in [-0.05, 0) is 56.5 Å². The largest absolute Gasteiger partial charge is 0.450 e. The van der Waals surface area contributed by atoms with Crippen LogP contribution in [0.1, 0.15) is 58.3 Å². The van der Waals surface area contributed by atoms with Crippen molar-refractivity contribution >= 4 is 32.7 Å². The molecule has 0 aliphatic carbocycles. The van der Waals surface area contributed by atoms with Crippen molar-refractivity contribution in [3.63, 3.8) is 0 Å². The third-order valence-corrected chi connectivity index (χ3v) is 8.95. The predicted octanol–water partition coefficient (Wildman–Crippen LogP) is 4.32. The zero-order valence-corrected chi connectivity index (χ0v) is 21.2. The molecule has 1 fully saturated rings. The fraction of sp³-hybridized carbons (Fsp3) is 0.296. The number of fused-ring (bicyclic) bond motifs is 2. The number of benzene rings is 2. The van der Waals surface area contributed by atoms with Crippen molar-refractivity contribution in [3.8, 4) is 0 Å². The molecule has 2 aliphatic heterocycles. The van der Waals surface area contributed by atoms with Crippen LogP contribution in [-0.4, -0.2) is 36.9 Å². The van der Waals surface area contributed by atoms with E-state index in [1.54, 1.807) is 37.3 Å². The lowest BCUT2D eigenvalue weighted by atomic mass is 9.98. The quantitative estimate of drug-likeness (QED) is 0.394. The normalized spacial score (nSPS) is 18.5. The van der Waals surface area contributed by atoms with Crippen molar-refractivity contribution < 1.29 is 22.2 Å². The predicted molar refractivity (Wildman–Crippen MR) is 136 cm³/mol. The third kappa shape index (κ3) is 3.79. The monoisotopic (exact) mass is 519 g/mol. The Bertz CT molecular complexity index is 1700. The molecule has 190 valence electrons. The van der Waals surface area contributed by atoms with Gasteiger partial charge in [0.05, 0.1) is 21.9 Å². The van der Waals surface area contributed by atoms with Gasteiger partial charge in [0, 0.05) is 19.2 Å². The number of piperidine rings is 1. The summed E-state index contributed by atoms with van der Waals surface area (Å²) in [4.78, 5) is 28.9. The van der Waals surface area contributed by atoms with Gasteiger partial charge in [-0.1, -0.05) is 35.3 Å². The molecule has 1 amide bonds. The second-order valence-electron chi connectivity index (χ2n) is 9.58. The standard InChI is InChI=1S/C27H25N3O6S/c1-16-6-11-21-20(14-16)25(31)23-24(30(27(32)26(23)35-21)22-15-17(2)36-28-22)18-7-9-19(10-8-18)37(33,34)29-12-4-3-5-13-29/h6-11,14-15,24H,3-5,12-13H2,1-2H3. The van der Waals surface area contributed by atoms with Gasteiger partial charge in [-0.3, -0.25) is 14.5 Å². The molecule has 2 aromatic carbocycles. The summed E-state index contributed by atoms with van der Waals surface area (Å²) >= 11 is 0. The topological polar surface area (TPSA) is 114 Å². The van der Waals surface area contributed by atoms with Gasteiger partial charge in [-0.2, -0.15) is 4.31 Å². The molecule has 1 atom stereocenters. The highest BCUT2D eigenvalue weighted by Crippen LogP contribution is 2.41. The summed E-state index contributed by atoms with van der Waals surface area (Å²) in [6, 6.07) is 12.3. The van der Waals surface area contributed by atoms with Crippen molar-refractivity contribution in [2.24, 2.45) is 0 Å². The van der Waals surface area contributed by atoms with Crippen LogP contribution in [0.2, 0.25) is 0 Å². The van der Waals surface area contributed by atoms with E-state index in [9.17, 15) is 18.0 Å². The Morgan fingerprint density at radius 2 is 1.68 bits per heavy atom. The molecule has 6 rings (SSSR count). The number of aromatic nitrogens is 1. The van der Waals surface area contributed by atoms with Crippen molar-refractivity contribution in [2.45, 2.75) is 44.0 Å². The third-order valence-electron chi connectivity index (χ3n) is 7.04. The zero-order valence-electron chi connectivity index (χ0n) is 20.4. The van der Waals surface area contributed by atoms with Gasteiger partial charge >= 0.3 is 0 Å². The summed E-state index contributed by atoms with van der Waals surface area (Å²) in [5.41, 5.74) is 1.64. The zero-order chi connectivity index (χ0) is 25.9. The first kappa shape index (κ1) is 23.6. The van der Waals surface area contributed by atoms with Crippen LogP contribution >= 0.6 is 0 Å². The van der Waals surface area contributed by atoms with Gasteiger partial charge in [0.25, 0.3) is 5.91 Å². The maximum absolute atomic E-state index is 13.7. The molecule has 1 unspecified atom stereocenters. The number of amides is 1. The average Bonchev–Trinajstić information content (AvgIpc) is 3.45. The Morgan fingerprint density at radius 1 is 0.946 bits per heavy atom. The van der Waals surface area contributed by atoms with Crippen molar-refractivity contribution in [1.82, 2.24) is 9.46 Å². The van der Waals surface area contributed by atoms with Gasteiger partial charge < -0.3 is 8.94 Å². The summed E-state index contributed by atoms with van der Waals surface area (Å²) in [7, 11) is -3.63. The molecule has 37 heavy (non-hydrogen) atoms. The van der Waals surface area contributed by atoms with E-state index in [4.69, 9.17) is 8.94 Å². The van der Waals surface area contributed by atoms with Gasteiger partial charge in [0.15, 0.2) is 11.2 Å². The number of aryl methyl sites for hydroxylation is 2. The van der Waals surface area contributed by atoms with Gasteiger partial charge in [0.2, 0.25) is 15.8 Å². The molecule has 0 saturated carbocycles. The fourth-order valence-corrected chi connectivity index (χ4v) is 6.70. The smallest absolute Gasteiger partial charge is 0.296 e. The lowest BCUT2D eigenvalue weighted by Crippen LogP contribution is -2.35. The summed E-state index contributed by atoms with van der Waals surface area (Å²) in [6.45, 7) is 4.59. The highest BCUT2D eigenvalue weighted by Gasteiger charge is 2.45. The van der Waals surface area contributed by atoms with Crippen LogP contribution in [0.5, 0.6) is 0 Å². The Morgan fingerprint density at radius 3 is 2.35 bits per heavy atom. The van der Waals surface area contributed by atoms with E-state index in [0.717, 1.165) is 24.8 Å². The van der Waals surface area contributed by atoms with E-state index >= 15 is 0 Å². The molecule has 2 aliphatic rings. The van der Waals surface area contributed by atoms with Crippen LogP contribution in [0.4, 0.5) is 5.82 Å². The van der Waals surface area contributed by atoms with Crippen LogP contribution in [0.15, 0.2) is 67.2 Å². The molecule has 2 aromatic heterocycles. The number of carbonyl (C=O) groups excluding carboxylic acids is 1. The molecule has 4 aromatic rings. The SMILES string of the molecule is Cc1ccc2oc3c(c(=O)c2c1)C(c1ccc(S(=O)(=O)N2CCCCC2)cc1)N(c1cc(C)on1)C3=O. The number of carbonyl (C=O) groups is 1. The van der Waals surface area contributed by atoms with E-state index < -0.39 is 22.0 Å². The first-order chi connectivity index (χ1) is 17.8. The Labute approximate surface area is 213 Å². The van der Waals surface area contributed by atoms with Crippen LogP contribution in [0.3, 0.4) is 0 Å². The van der Waals surface area contributed by atoms with Crippen LogP contribution < -0.4 is 10.3 Å². The van der Waals surface area contributed by atoms with E-state index in [1.807, 2.05) is 13.0 Å². The number of sulfonamides is 1.